The van der Waals surface area contributed by atoms with Crippen molar-refractivity contribution in [2.24, 2.45) is 5.41 Å². The number of hydrogen-bond acceptors (Lipinski definition) is 4. The number of nitrogens with one attached hydrogen (secondary N) is 1. The highest BCUT2D eigenvalue weighted by Crippen LogP contribution is 2.26. The number of aryl methyl sites for hydroxylation is 1. The van der Waals surface area contributed by atoms with Crippen molar-refractivity contribution < 1.29 is 19.1 Å². The number of carbonyl (C=O) groups is 2. The van der Waals surface area contributed by atoms with Crippen LogP contribution in [0.2, 0.25) is 0 Å². The van der Waals surface area contributed by atoms with E-state index in [4.69, 9.17) is 9.52 Å². The van der Waals surface area contributed by atoms with Crippen LogP contribution in [0.5, 0.6) is 0 Å². The molecule has 1 amide bonds. The summed E-state index contributed by atoms with van der Waals surface area (Å²) in [6.07, 6.45) is 2.91. The lowest BCUT2D eigenvalue weighted by Gasteiger charge is -2.18. The van der Waals surface area contributed by atoms with Gasteiger partial charge in [0, 0.05) is 17.7 Å². The number of anilines is 1. The highest BCUT2D eigenvalue weighted by molar-refractivity contribution is 5.95. The number of aromatic nitrogens is 1. The van der Waals surface area contributed by atoms with Crippen LogP contribution < -0.4 is 5.32 Å². The van der Waals surface area contributed by atoms with E-state index < -0.39 is 11.4 Å². The number of aliphatic carboxylic acids is 1. The van der Waals surface area contributed by atoms with Gasteiger partial charge in [-0.2, -0.15) is 0 Å². The molecule has 0 aliphatic carbocycles. The number of carbonyl (C=O) groups excluding carboxylic acids is 1. The number of carboxylic acid groups (broad SMARTS) is 1. The van der Waals surface area contributed by atoms with Crippen LogP contribution in [-0.2, 0) is 9.59 Å². The molecule has 116 valence electrons. The van der Waals surface area contributed by atoms with Crippen molar-refractivity contribution in [1.82, 2.24) is 4.98 Å². The molecule has 1 heterocycles. The molecule has 6 heteroatoms. The van der Waals surface area contributed by atoms with E-state index in [0.717, 1.165) is 11.1 Å². The van der Waals surface area contributed by atoms with Crippen molar-refractivity contribution in [2.45, 2.75) is 27.2 Å². The maximum Gasteiger partial charge on any atom is 0.309 e. The van der Waals surface area contributed by atoms with Crippen molar-refractivity contribution in [2.75, 3.05) is 5.32 Å². The van der Waals surface area contributed by atoms with Gasteiger partial charge in [-0.1, -0.05) is 6.07 Å². The van der Waals surface area contributed by atoms with E-state index in [1.54, 1.807) is 12.3 Å². The molecule has 2 aromatic rings. The molecular weight excluding hydrogens is 284 g/mol. The predicted octanol–water partition coefficient (Wildman–Crippen LogP) is 3.09. The van der Waals surface area contributed by atoms with Crippen LogP contribution in [0, 0.1) is 12.3 Å². The minimum atomic E-state index is -1.11. The molecule has 0 unspecified atom stereocenters. The number of oxazole rings is 1. The Balaban J connectivity index is 2.17. The fourth-order valence-corrected chi connectivity index (χ4v) is 1.93. The Hall–Kier alpha value is -2.63. The third-order valence-electron chi connectivity index (χ3n) is 3.37. The minimum absolute atomic E-state index is 0.106. The molecule has 0 saturated heterocycles. The van der Waals surface area contributed by atoms with Gasteiger partial charge in [0.2, 0.25) is 11.8 Å². The van der Waals surface area contributed by atoms with E-state index >= 15 is 0 Å². The smallest absolute Gasteiger partial charge is 0.309 e. The molecule has 0 fully saturated rings. The average molecular weight is 302 g/mol. The van der Waals surface area contributed by atoms with Gasteiger partial charge in [-0.15, -0.1) is 0 Å². The van der Waals surface area contributed by atoms with Gasteiger partial charge in [-0.25, -0.2) is 4.98 Å². The van der Waals surface area contributed by atoms with Crippen LogP contribution >= 0.6 is 0 Å². The first kappa shape index (κ1) is 15.8. The first-order valence-corrected chi connectivity index (χ1v) is 6.83. The molecule has 0 aliphatic rings. The molecule has 0 saturated carbocycles. The topological polar surface area (TPSA) is 92.4 Å². The zero-order valence-corrected chi connectivity index (χ0v) is 12.7. The Bertz CT molecular complexity index is 690. The monoisotopic (exact) mass is 302 g/mol. The SMILES string of the molecule is Cc1ccc(-c2ncco2)cc1NC(=O)CC(C)(C)C(=O)O. The normalized spacial score (nSPS) is 11.2. The third kappa shape index (κ3) is 3.52. The van der Waals surface area contributed by atoms with Crippen LogP contribution in [-0.4, -0.2) is 22.0 Å². The molecule has 0 radical (unpaired) electrons. The average Bonchev–Trinajstić information content (AvgIpc) is 2.94. The summed E-state index contributed by atoms with van der Waals surface area (Å²) >= 11 is 0. The van der Waals surface area contributed by atoms with Gasteiger partial charge in [0.15, 0.2) is 0 Å². The van der Waals surface area contributed by atoms with Crippen LogP contribution in [0.1, 0.15) is 25.8 Å². The lowest BCUT2D eigenvalue weighted by atomic mass is 9.89. The van der Waals surface area contributed by atoms with Gasteiger partial charge in [0.25, 0.3) is 0 Å². The molecule has 22 heavy (non-hydrogen) atoms. The second kappa shape index (κ2) is 6.01. The fraction of sp³-hybridized carbons (Fsp3) is 0.312. The van der Waals surface area contributed by atoms with Crippen molar-refractivity contribution in [1.29, 1.82) is 0 Å². The molecule has 6 nitrogen and oxygen atoms in total. The second-order valence-corrected chi connectivity index (χ2v) is 5.78. The number of nitrogens with zero attached hydrogens (tertiary/aromatic N) is 1. The zero-order chi connectivity index (χ0) is 16.3. The Morgan fingerprint density at radius 3 is 2.68 bits per heavy atom. The van der Waals surface area contributed by atoms with E-state index in [0.29, 0.717) is 11.6 Å². The minimum Gasteiger partial charge on any atom is -0.481 e. The molecule has 2 N–H and O–H groups in total. The van der Waals surface area contributed by atoms with Crippen LogP contribution in [0.3, 0.4) is 0 Å². The number of hydrogen-bond donors (Lipinski definition) is 2. The quantitative estimate of drug-likeness (QED) is 0.885. The van der Waals surface area contributed by atoms with Gasteiger partial charge in [0.05, 0.1) is 11.6 Å². The van der Waals surface area contributed by atoms with Crippen molar-refractivity contribution in [3.8, 4) is 11.5 Å². The summed E-state index contributed by atoms with van der Waals surface area (Å²) in [5, 5.41) is 11.8. The van der Waals surface area contributed by atoms with E-state index in [2.05, 4.69) is 10.3 Å². The van der Waals surface area contributed by atoms with E-state index in [1.165, 1.54) is 20.1 Å². The second-order valence-electron chi connectivity index (χ2n) is 5.78. The highest BCUT2D eigenvalue weighted by Gasteiger charge is 2.30. The molecule has 1 aromatic carbocycles. The van der Waals surface area contributed by atoms with Gasteiger partial charge in [-0.05, 0) is 38.5 Å². The lowest BCUT2D eigenvalue weighted by molar-refractivity contribution is -0.148. The van der Waals surface area contributed by atoms with E-state index in [-0.39, 0.29) is 12.3 Å². The first-order chi connectivity index (χ1) is 10.3. The number of rotatable bonds is 5. The Morgan fingerprint density at radius 1 is 1.36 bits per heavy atom. The molecule has 2 rings (SSSR count). The summed E-state index contributed by atoms with van der Waals surface area (Å²) in [5.41, 5.74) is 1.11. The lowest BCUT2D eigenvalue weighted by Crippen LogP contribution is -2.29. The van der Waals surface area contributed by atoms with Gasteiger partial charge in [0.1, 0.15) is 6.26 Å². The van der Waals surface area contributed by atoms with Gasteiger partial charge < -0.3 is 14.8 Å². The van der Waals surface area contributed by atoms with Crippen LogP contribution in [0.15, 0.2) is 35.1 Å². The van der Waals surface area contributed by atoms with Crippen LogP contribution in [0.25, 0.3) is 11.5 Å². The van der Waals surface area contributed by atoms with Crippen LogP contribution in [0.4, 0.5) is 5.69 Å². The molecule has 0 spiro atoms. The summed E-state index contributed by atoms with van der Waals surface area (Å²) < 4.78 is 5.23. The molecule has 1 aromatic heterocycles. The summed E-state index contributed by atoms with van der Waals surface area (Å²) in [7, 11) is 0. The zero-order valence-electron chi connectivity index (χ0n) is 12.7. The fourth-order valence-electron chi connectivity index (χ4n) is 1.93. The first-order valence-electron chi connectivity index (χ1n) is 6.83. The number of amides is 1. The summed E-state index contributed by atoms with van der Waals surface area (Å²) in [6, 6.07) is 5.45. The Labute approximate surface area is 128 Å². The van der Waals surface area contributed by atoms with Crippen molar-refractivity contribution in [3.05, 3.63) is 36.2 Å². The Kier molecular flexibility index (Phi) is 4.30. The highest BCUT2D eigenvalue weighted by atomic mass is 16.4. The number of carboxylic acids is 1. The molecule has 0 bridgehead atoms. The predicted molar refractivity (Wildman–Crippen MR) is 81.3 cm³/mol. The van der Waals surface area contributed by atoms with E-state index in [1.807, 2.05) is 19.1 Å². The number of benzene rings is 1. The van der Waals surface area contributed by atoms with Crippen molar-refractivity contribution >= 4 is 17.6 Å². The molecular formula is C16H18N2O4. The summed E-state index contributed by atoms with van der Waals surface area (Å²) in [4.78, 5) is 27.2. The standard InChI is InChI=1S/C16H18N2O4/c1-10-4-5-11(14-17-6-7-22-14)8-12(10)18-13(19)9-16(2,3)15(20)21/h4-8H,9H2,1-3H3,(H,18,19)(H,20,21). The van der Waals surface area contributed by atoms with E-state index in [9.17, 15) is 9.59 Å². The van der Waals surface area contributed by atoms with Gasteiger partial charge >= 0.3 is 5.97 Å². The summed E-state index contributed by atoms with van der Waals surface area (Å²) in [5.74, 6) is -0.894. The molecule has 0 aliphatic heterocycles. The maximum absolute atomic E-state index is 12.1. The van der Waals surface area contributed by atoms with Crippen molar-refractivity contribution in [3.63, 3.8) is 0 Å². The van der Waals surface area contributed by atoms with Gasteiger partial charge in [-0.3, -0.25) is 9.59 Å². The Morgan fingerprint density at radius 2 is 2.09 bits per heavy atom. The largest absolute Gasteiger partial charge is 0.481 e. The third-order valence-corrected chi connectivity index (χ3v) is 3.37. The maximum atomic E-state index is 12.1. The summed E-state index contributed by atoms with van der Waals surface area (Å²) in [6.45, 7) is 4.90. The molecule has 0 atom stereocenters.